The van der Waals surface area contributed by atoms with Crippen LogP contribution in [0.4, 0.5) is 0 Å². The Morgan fingerprint density at radius 2 is 0.727 bits per heavy atom. The summed E-state index contributed by atoms with van der Waals surface area (Å²) < 4.78 is 0. The second-order valence-electron chi connectivity index (χ2n) is 13.1. The summed E-state index contributed by atoms with van der Waals surface area (Å²) in [5.74, 6) is 9.06. The van der Waals surface area contributed by atoms with Gasteiger partial charge in [0, 0.05) is 22.7 Å². The minimum Gasteiger partial charge on any atom is -0.225 e. The molecule has 44 heavy (non-hydrogen) atoms. The molecular formula is C32H52N12. The van der Waals surface area contributed by atoms with Gasteiger partial charge in [0.05, 0.1) is 0 Å². The van der Waals surface area contributed by atoms with E-state index >= 15 is 0 Å². The monoisotopic (exact) mass is 604 g/mol. The summed E-state index contributed by atoms with van der Waals surface area (Å²) in [6, 6.07) is 0. The van der Waals surface area contributed by atoms with Gasteiger partial charge in [0.25, 0.3) is 0 Å². The Morgan fingerprint density at radius 3 is 1.00 bits per heavy atom. The van der Waals surface area contributed by atoms with E-state index in [0.717, 1.165) is 58.2 Å². The molecule has 0 aromatic carbocycles. The summed E-state index contributed by atoms with van der Waals surface area (Å²) in [4.78, 5) is 49.5. The molecule has 4 heterocycles. The van der Waals surface area contributed by atoms with Gasteiger partial charge in [0.2, 0.25) is 0 Å². The molecule has 0 aliphatic rings. The molecule has 0 aliphatic heterocycles. The lowest BCUT2D eigenvalue weighted by molar-refractivity contribution is 0.491. The average Bonchev–Trinajstić information content (AvgIpc) is 2.88. The zero-order valence-electron chi connectivity index (χ0n) is 29.7. The smallest absolute Gasteiger partial charge is 0.137 e. The van der Waals surface area contributed by atoms with Crippen LogP contribution in [0.25, 0.3) is 0 Å². The zero-order valence-corrected chi connectivity index (χ0v) is 29.7. The van der Waals surface area contributed by atoms with Crippen molar-refractivity contribution in [3.63, 3.8) is 0 Å². The fourth-order valence-electron chi connectivity index (χ4n) is 3.27. The Kier molecular flexibility index (Phi) is 14.5. The zero-order chi connectivity index (χ0) is 33.8. The molecule has 0 spiro atoms. The van der Waals surface area contributed by atoms with E-state index < -0.39 is 0 Å². The van der Waals surface area contributed by atoms with Crippen molar-refractivity contribution in [1.29, 1.82) is 0 Å². The molecule has 0 unspecified atom stereocenters. The Morgan fingerprint density at radius 1 is 0.409 bits per heavy atom. The first-order valence-corrected chi connectivity index (χ1v) is 14.9. The third kappa shape index (κ3) is 14.5. The molecule has 12 heteroatoms. The van der Waals surface area contributed by atoms with E-state index in [1.165, 1.54) is 12.7 Å². The summed E-state index contributed by atoms with van der Waals surface area (Å²) in [6.07, 6.45) is 2.95. The van der Waals surface area contributed by atoms with Crippen molar-refractivity contribution in [1.82, 2.24) is 59.8 Å². The average molecular weight is 605 g/mol. The van der Waals surface area contributed by atoms with Gasteiger partial charge in [-0.05, 0) is 41.5 Å². The van der Waals surface area contributed by atoms with E-state index in [0.29, 0.717) is 11.8 Å². The fraction of sp³-hybridized carbons (Fsp3) is 0.625. The summed E-state index contributed by atoms with van der Waals surface area (Å²) in [5, 5.41) is 0. The molecular weight excluding hydrogens is 552 g/mol. The van der Waals surface area contributed by atoms with Gasteiger partial charge in [-0.25, -0.2) is 59.8 Å². The summed E-state index contributed by atoms with van der Waals surface area (Å²) in [6.45, 7) is 32.3. The Balaban J connectivity index is 0.000000304. The highest BCUT2D eigenvalue weighted by Crippen LogP contribution is 2.23. The molecule has 240 valence electrons. The first-order chi connectivity index (χ1) is 20.2. The molecule has 0 radical (unpaired) electrons. The summed E-state index contributed by atoms with van der Waals surface area (Å²) in [7, 11) is 0. The molecule has 0 aliphatic carbocycles. The number of hydrogen-bond acceptors (Lipinski definition) is 12. The van der Waals surface area contributed by atoms with E-state index in [9.17, 15) is 0 Å². The number of aryl methyl sites for hydroxylation is 6. The van der Waals surface area contributed by atoms with Crippen molar-refractivity contribution >= 4 is 0 Å². The normalized spacial score (nSPS) is 11.1. The molecule has 0 amide bonds. The van der Waals surface area contributed by atoms with Crippen LogP contribution in [-0.4, -0.2) is 59.8 Å². The van der Waals surface area contributed by atoms with Crippen LogP contribution in [0.15, 0.2) is 12.7 Å². The van der Waals surface area contributed by atoms with Crippen molar-refractivity contribution in [2.75, 3.05) is 0 Å². The molecule has 0 saturated heterocycles. The van der Waals surface area contributed by atoms with Crippen LogP contribution in [0.2, 0.25) is 0 Å². The van der Waals surface area contributed by atoms with E-state index in [-0.39, 0.29) is 10.8 Å². The second-order valence-corrected chi connectivity index (χ2v) is 13.1. The third-order valence-corrected chi connectivity index (χ3v) is 5.50. The molecule has 0 N–H and O–H groups in total. The maximum absolute atomic E-state index is 4.55. The highest BCUT2D eigenvalue weighted by Gasteiger charge is 2.23. The van der Waals surface area contributed by atoms with Gasteiger partial charge >= 0.3 is 0 Å². The SMILES string of the molecule is Cc1nc(C(C)(C)C)nc(C(C)(C)C)n1.Cc1nc(C(C)C)nc(C(C)C)n1.Cc1nc(C)nc(C)n1.Cc1ncncn1. The van der Waals surface area contributed by atoms with E-state index in [1.807, 2.05) is 41.5 Å². The maximum Gasteiger partial charge on any atom is 0.137 e. The lowest BCUT2D eigenvalue weighted by Gasteiger charge is -2.22. The second kappa shape index (κ2) is 16.8. The van der Waals surface area contributed by atoms with E-state index in [4.69, 9.17) is 0 Å². The Bertz CT molecular complexity index is 1330. The van der Waals surface area contributed by atoms with E-state index in [2.05, 4.69) is 129 Å². The van der Waals surface area contributed by atoms with Crippen LogP contribution < -0.4 is 0 Å². The predicted octanol–water partition coefficient (Wildman–Crippen LogP) is 6.18. The minimum absolute atomic E-state index is 0.0201. The van der Waals surface area contributed by atoms with Gasteiger partial charge < -0.3 is 0 Å². The van der Waals surface area contributed by atoms with Gasteiger partial charge in [-0.1, -0.05) is 69.2 Å². The Hall–Kier alpha value is -3.96. The first kappa shape index (κ1) is 38.1. The highest BCUT2D eigenvalue weighted by molar-refractivity contribution is 5.10. The molecule has 0 saturated carbocycles. The largest absolute Gasteiger partial charge is 0.225 e. The minimum atomic E-state index is -0.0201. The fourth-order valence-corrected chi connectivity index (χ4v) is 3.27. The quantitative estimate of drug-likeness (QED) is 0.256. The van der Waals surface area contributed by atoms with Gasteiger partial charge in [-0.2, -0.15) is 0 Å². The van der Waals surface area contributed by atoms with Crippen LogP contribution in [0.5, 0.6) is 0 Å². The van der Waals surface area contributed by atoms with Gasteiger partial charge in [-0.3, -0.25) is 0 Å². The number of nitrogens with zero attached hydrogens (tertiary/aromatic N) is 12. The molecule has 0 bridgehead atoms. The first-order valence-electron chi connectivity index (χ1n) is 14.9. The van der Waals surface area contributed by atoms with Crippen LogP contribution in [-0.2, 0) is 10.8 Å². The van der Waals surface area contributed by atoms with Crippen molar-refractivity contribution in [3.05, 3.63) is 70.9 Å². The predicted molar refractivity (Wildman–Crippen MR) is 173 cm³/mol. The lowest BCUT2D eigenvalue weighted by atomic mass is 9.93. The van der Waals surface area contributed by atoms with E-state index in [1.54, 1.807) is 0 Å². The maximum atomic E-state index is 4.55. The van der Waals surface area contributed by atoms with Gasteiger partial charge in [0.1, 0.15) is 70.9 Å². The highest BCUT2D eigenvalue weighted by atomic mass is 15.1. The summed E-state index contributed by atoms with van der Waals surface area (Å²) in [5.41, 5.74) is -0.0403. The topological polar surface area (TPSA) is 155 Å². The van der Waals surface area contributed by atoms with Crippen LogP contribution >= 0.6 is 0 Å². The summed E-state index contributed by atoms with van der Waals surface area (Å²) >= 11 is 0. The number of aromatic nitrogens is 12. The molecule has 4 aromatic rings. The Labute approximate surface area is 264 Å². The van der Waals surface area contributed by atoms with Crippen LogP contribution in [0.3, 0.4) is 0 Å². The molecule has 4 aromatic heterocycles. The number of rotatable bonds is 2. The van der Waals surface area contributed by atoms with Crippen LogP contribution in [0.1, 0.15) is 139 Å². The van der Waals surface area contributed by atoms with Crippen molar-refractivity contribution in [2.24, 2.45) is 0 Å². The lowest BCUT2D eigenvalue weighted by Crippen LogP contribution is -2.24. The molecule has 0 atom stereocenters. The molecule has 0 fully saturated rings. The van der Waals surface area contributed by atoms with Gasteiger partial charge in [0.15, 0.2) is 0 Å². The van der Waals surface area contributed by atoms with Crippen molar-refractivity contribution < 1.29 is 0 Å². The molecule has 12 nitrogen and oxygen atoms in total. The number of hydrogen-bond donors (Lipinski definition) is 0. The van der Waals surface area contributed by atoms with Crippen molar-refractivity contribution in [2.45, 2.75) is 133 Å². The van der Waals surface area contributed by atoms with Crippen LogP contribution in [0, 0.1) is 41.5 Å². The van der Waals surface area contributed by atoms with Crippen molar-refractivity contribution in [3.8, 4) is 0 Å². The molecule has 4 rings (SSSR count). The standard InChI is InChI=1S/C12H21N3.C10H17N3.C6H9N3.C4H5N3/c1-8-13-9(11(2,3)4)15-10(14-8)12(5,6)7;1-6(2)9-11-8(5)12-10(13-9)7(3)4;1-4-7-5(2)9-6(3)8-4;1-4-6-2-5-3-7-4/h1-7H3;6-7H,1-5H3;1-3H3;2-3H,1H3. The third-order valence-electron chi connectivity index (χ3n) is 5.50. The van der Waals surface area contributed by atoms with Gasteiger partial charge in [-0.15, -0.1) is 0 Å².